The number of morpholine rings is 1. The smallest absolute Gasteiger partial charge is 0.254 e. The van der Waals surface area contributed by atoms with Gasteiger partial charge in [-0.2, -0.15) is 4.98 Å². The Labute approximate surface area is 208 Å². The van der Waals surface area contributed by atoms with Crippen LogP contribution in [0.5, 0.6) is 0 Å². The van der Waals surface area contributed by atoms with Crippen molar-refractivity contribution in [1.82, 2.24) is 24.5 Å². The average Bonchev–Trinajstić information content (AvgIpc) is 3.52. The number of benzene rings is 2. The predicted molar refractivity (Wildman–Crippen MR) is 141 cm³/mol. The Morgan fingerprint density at radius 1 is 1.06 bits per heavy atom. The summed E-state index contributed by atoms with van der Waals surface area (Å²) in [5, 5.41) is 12.1. The van der Waals surface area contributed by atoms with Gasteiger partial charge in [-0.05, 0) is 42.8 Å². The summed E-state index contributed by atoms with van der Waals surface area (Å²) in [6, 6.07) is 21.5. The van der Waals surface area contributed by atoms with Crippen LogP contribution in [-0.2, 0) is 11.3 Å². The normalized spacial score (nSPS) is 13.4. The summed E-state index contributed by atoms with van der Waals surface area (Å²) in [5.74, 6) is 0.800. The fourth-order valence-electron chi connectivity index (χ4n) is 4.29. The van der Waals surface area contributed by atoms with Gasteiger partial charge in [-0.1, -0.05) is 36.4 Å². The van der Waals surface area contributed by atoms with E-state index in [0.717, 1.165) is 59.8 Å². The molecule has 5 aromatic rings. The molecule has 36 heavy (non-hydrogen) atoms. The quantitative estimate of drug-likeness (QED) is 0.354. The number of anilines is 1. The van der Waals surface area contributed by atoms with E-state index in [0.29, 0.717) is 18.1 Å². The number of primary amides is 1. The Morgan fingerprint density at radius 3 is 2.53 bits per heavy atom. The molecule has 0 aliphatic carbocycles. The van der Waals surface area contributed by atoms with Crippen molar-refractivity contribution >= 4 is 28.1 Å². The first kappa shape index (κ1) is 23.5. The highest BCUT2D eigenvalue weighted by Gasteiger charge is 2.17. The minimum absolute atomic E-state index is 0.454. The SMILES string of the molecule is C1COCCN1.Cc1cc2c(C(N)=O)cccc2n1-c1nc(NCc2ccccc2)c2cccn2n1. The second-order valence-corrected chi connectivity index (χ2v) is 8.52. The van der Waals surface area contributed by atoms with Gasteiger partial charge >= 0.3 is 0 Å². The maximum atomic E-state index is 11.9. The maximum Gasteiger partial charge on any atom is 0.254 e. The zero-order valence-electron chi connectivity index (χ0n) is 20.1. The molecule has 0 atom stereocenters. The molecule has 6 rings (SSSR count). The highest BCUT2D eigenvalue weighted by molar-refractivity contribution is 6.06. The largest absolute Gasteiger partial charge is 0.379 e. The topological polar surface area (TPSA) is 112 Å². The van der Waals surface area contributed by atoms with Crippen LogP contribution < -0.4 is 16.4 Å². The number of nitrogens with two attached hydrogens (primary N) is 1. The molecule has 0 spiro atoms. The second kappa shape index (κ2) is 10.6. The molecule has 0 unspecified atom stereocenters. The molecule has 9 heteroatoms. The number of aryl methyl sites for hydroxylation is 1. The van der Waals surface area contributed by atoms with Crippen molar-refractivity contribution in [3.05, 3.63) is 89.7 Å². The van der Waals surface area contributed by atoms with Gasteiger partial charge in [0.1, 0.15) is 5.52 Å². The van der Waals surface area contributed by atoms with Crippen molar-refractivity contribution < 1.29 is 9.53 Å². The molecule has 9 nitrogen and oxygen atoms in total. The zero-order chi connectivity index (χ0) is 24.9. The lowest BCUT2D eigenvalue weighted by Gasteiger charge is -2.12. The molecule has 0 saturated carbocycles. The van der Waals surface area contributed by atoms with E-state index in [4.69, 9.17) is 20.6 Å². The summed E-state index contributed by atoms with van der Waals surface area (Å²) in [7, 11) is 0. The van der Waals surface area contributed by atoms with E-state index in [1.165, 1.54) is 0 Å². The highest BCUT2D eigenvalue weighted by Crippen LogP contribution is 2.26. The minimum Gasteiger partial charge on any atom is -0.379 e. The number of amides is 1. The van der Waals surface area contributed by atoms with Crippen molar-refractivity contribution in [2.24, 2.45) is 5.73 Å². The maximum absolute atomic E-state index is 11.9. The first-order valence-electron chi connectivity index (χ1n) is 11.9. The number of hydrogen-bond donors (Lipinski definition) is 3. The van der Waals surface area contributed by atoms with E-state index < -0.39 is 5.91 Å². The number of fused-ring (bicyclic) bond motifs is 2. The van der Waals surface area contributed by atoms with E-state index in [1.807, 2.05) is 66.2 Å². The Bertz CT molecular complexity index is 1480. The second-order valence-electron chi connectivity index (χ2n) is 8.52. The number of rotatable bonds is 5. The molecule has 0 bridgehead atoms. The third-order valence-corrected chi connectivity index (χ3v) is 6.02. The standard InChI is InChI=1S/C23H20N6O.C4H9NO/c1-15-13-18-17(21(24)30)9-5-10-19(18)29(15)23-26-22(20-11-6-12-28(20)27-23)25-14-16-7-3-2-4-8-16;1-3-6-4-2-5-1/h2-13H,14H2,1H3,(H2,24,30)(H,25,26,27);5H,1-4H2. The van der Waals surface area contributed by atoms with Crippen LogP contribution in [0.2, 0.25) is 0 Å². The minimum atomic E-state index is -0.454. The lowest BCUT2D eigenvalue weighted by atomic mass is 10.1. The van der Waals surface area contributed by atoms with E-state index >= 15 is 0 Å². The number of carbonyl (C=O) groups is 1. The van der Waals surface area contributed by atoms with Crippen LogP contribution in [0.3, 0.4) is 0 Å². The van der Waals surface area contributed by atoms with Crippen molar-refractivity contribution in [3.63, 3.8) is 0 Å². The molecule has 4 N–H and O–H groups in total. The van der Waals surface area contributed by atoms with Crippen LogP contribution in [0.4, 0.5) is 5.82 Å². The van der Waals surface area contributed by atoms with Gasteiger partial charge in [0.25, 0.3) is 5.95 Å². The monoisotopic (exact) mass is 483 g/mol. The summed E-state index contributed by atoms with van der Waals surface area (Å²) in [6.45, 7) is 6.44. The fourth-order valence-corrected chi connectivity index (χ4v) is 4.29. The number of hydrogen-bond acceptors (Lipinski definition) is 6. The third-order valence-electron chi connectivity index (χ3n) is 6.02. The number of aromatic nitrogens is 4. The molecule has 4 heterocycles. The predicted octanol–water partition coefficient (Wildman–Crippen LogP) is 3.30. The van der Waals surface area contributed by atoms with Gasteiger partial charge in [-0.3, -0.25) is 9.36 Å². The molecule has 1 saturated heterocycles. The van der Waals surface area contributed by atoms with Crippen LogP contribution in [0, 0.1) is 6.92 Å². The molecule has 1 amide bonds. The molecule has 1 aliphatic heterocycles. The average molecular weight is 484 g/mol. The highest BCUT2D eigenvalue weighted by atomic mass is 16.5. The van der Waals surface area contributed by atoms with Crippen LogP contribution in [0.15, 0.2) is 72.9 Å². The molecule has 184 valence electrons. The molecular weight excluding hydrogens is 454 g/mol. The molecule has 3 aromatic heterocycles. The zero-order valence-corrected chi connectivity index (χ0v) is 20.1. The van der Waals surface area contributed by atoms with Gasteiger partial charge < -0.3 is 21.1 Å². The molecule has 2 aromatic carbocycles. The van der Waals surface area contributed by atoms with E-state index in [9.17, 15) is 4.79 Å². The third kappa shape index (κ3) is 4.93. The van der Waals surface area contributed by atoms with E-state index in [1.54, 1.807) is 10.6 Å². The molecular formula is C27H29N7O2. The lowest BCUT2D eigenvalue weighted by molar-refractivity contribution is 0.100. The van der Waals surface area contributed by atoms with Gasteiger partial charge in [0, 0.05) is 42.5 Å². The van der Waals surface area contributed by atoms with Crippen molar-refractivity contribution in [3.8, 4) is 5.95 Å². The molecule has 1 aliphatic rings. The van der Waals surface area contributed by atoms with E-state index in [2.05, 4.69) is 22.8 Å². The fraction of sp³-hybridized carbons (Fsp3) is 0.222. The summed E-state index contributed by atoms with van der Waals surface area (Å²) in [6.07, 6.45) is 1.89. The van der Waals surface area contributed by atoms with Crippen molar-refractivity contribution in [2.75, 3.05) is 31.6 Å². The number of carbonyl (C=O) groups excluding carboxylic acids is 1. The molecule has 0 radical (unpaired) electrons. The number of nitrogens with zero attached hydrogens (tertiary/aromatic N) is 4. The van der Waals surface area contributed by atoms with Gasteiger partial charge in [0.05, 0.1) is 18.7 Å². The van der Waals surface area contributed by atoms with Gasteiger partial charge in [-0.15, -0.1) is 5.10 Å². The Kier molecular flexibility index (Phi) is 6.92. The lowest BCUT2D eigenvalue weighted by Crippen LogP contribution is -2.30. The first-order valence-corrected chi connectivity index (χ1v) is 11.9. The van der Waals surface area contributed by atoms with E-state index in [-0.39, 0.29) is 0 Å². The Hall–Kier alpha value is -4.21. The Balaban J connectivity index is 0.000000391. The van der Waals surface area contributed by atoms with Gasteiger partial charge in [0.15, 0.2) is 5.82 Å². The summed E-state index contributed by atoms with van der Waals surface area (Å²) >= 11 is 0. The summed E-state index contributed by atoms with van der Waals surface area (Å²) in [4.78, 5) is 16.7. The van der Waals surface area contributed by atoms with Crippen molar-refractivity contribution in [1.29, 1.82) is 0 Å². The van der Waals surface area contributed by atoms with Gasteiger partial charge in [-0.25, -0.2) is 4.52 Å². The summed E-state index contributed by atoms with van der Waals surface area (Å²) in [5.41, 5.74) is 9.86. The summed E-state index contributed by atoms with van der Waals surface area (Å²) < 4.78 is 8.75. The first-order chi connectivity index (χ1) is 17.6. The van der Waals surface area contributed by atoms with Crippen LogP contribution in [0.1, 0.15) is 21.6 Å². The van der Waals surface area contributed by atoms with Crippen molar-refractivity contribution in [2.45, 2.75) is 13.5 Å². The Morgan fingerprint density at radius 2 is 1.83 bits per heavy atom. The number of nitrogens with one attached hydrogen (secondary N) is 2. The van der Waals surface area contributed by atoms with Crippen LogP contribution in [-0.4, -0.2) is 51.4 Å². The number of ether oxygens (including phenoxy) is 1. The van der Waals surface area contributed by atoms with Gasteiger partial charge in [0.2, 0.25) is 5.91 Å². The molecule has 1 fully saturated rings. The van der Waals surface area contributed by atoms with Crippen LogP contribution >= 0.6 is 0 Å². The van der Waals surface area contributed by atoms with Crippen LogP contribution in [0.25, 0.3) is 22.4 Å².